The third-order valence-corrected chi connectivity index (χ3v) is 3.60. The van der Waals surface area contributed by atoms with Gasteiger partial charge in [-0.15, -0.1) is 0 Å². The average Bonchev–Trinajstić information content (AvgIpc) is 2.55. The van der Waals surface area contributed by atoms with Crippen molar-refractivity contribution in [2.24, 2.45) is 11.8 Å². The Morgan fingerprint density at radius 3 is 2.80 bits per heavy atom. The van der Waals surface area contributed by atoms with Crippen LogP contribution < -0.4 is 0 Å². The number of hydrogen-bond acceptors (Lipinski definition) is 3. The minimum absolute atomic E-state index is 0.110. The lowest BCUT2D eigenvalue weighted by Crippen LogP contribution is -2.20. The predicted molar refractivity (Wildman–Crippen MR) is 55.3 cm³/mol. The maximum atomic E-state index is 11.6. The van der Waals surface area contributed by atoms with Crippen LogP contribution in [-0.4, -0.2) is 18.4 Å². The first kappa shape index (κ1) is 10.7. The quantitative estimate of drug-likeness (QED) is 0.575. The highest BCUT2D eigenvalue weighted by atomic mass is 16.5. The van der Waals surface area contributed by atoms with Gasteiger partial charge in [-0.2, -0.15) is 0 Å². The third kappa shape index (κ3) is 2.58. The van der Waals surface area contributed by atoms with Crippen LogP contribution in [0.25, 0.3) is 0 Å². The fourth-order valence-electron chi connectivity index (χ4n) is 2.72. The SMILES string of the molecule is O=C1CC2CCC(=O)C2CCCCCO1. The Kier molecular flexibility index (Phi) is 3.39. The van der Waals surface area contributed by atoms with Gasteiger partial charge in [0.05, 0.1) is 6.61 Å². The number of ether oxygens (including phenoxy) is 1. The molecule has 2 rings (SSSR count). The van der Waals surface area contributed by atoms with Crippen LogP contribution in [-0.2, 0) is 14.3 Å². The number of esters is 1. The van der Waals surface area contributed by atoms with Gasteiger partial charge in [0.1, 0.15) is 5.78 Å². The van der Waals surface area contributed by atoms with Gasteiger partial charge in [-0.25, -0.2) is 0 Å². The van der Waals surface area contributed by atoms with Crippen molar-refractivity contribution < 1.29 is 14.3 Å². The molecular weight excluding hydrogens is 192 g/mol. The first-order valence-electron chi connectivity index (χ1n) is 5.95. The molecule has 2 fully saturated rings. The minimum Gasteiger partial charge on any atom is -0.466 e. The highest BCUT2D eigenvalue weighted by Crippen LogP contribution is 2.35. The second-order valence-electron chi connectivity index (χ2n) is 4.65. The van der Waals surface area contributed by atoms with Crippen molar-refractivity contribution >= 4 is 11.8 Å². The molecule has 84 valence electrons. The first-order valence-corrected chi connectivity index (χ1v) is 5.95. The second kappa shape index (κ2) is 4.77. The molecule has 1 aliphatic carbocycles. The van der Waals surface area contributed by atoms with Crippen molar-refractivity contribution in [2.75, 3.05) is 6.61 Å². The van der Waals surface area contributed by atoms with Crippen LogP contribution in [0.2, 0.25) is 0 Å². The van der Waals surface area contributed by atoms with Crippen molar-refractivity contribution in [2.45, 2.75) is 44.9 Å². The van der Waals surface area contributed by atoms with Crippen molar-refractivity contribution in [1.82, 2.24) is 0 Å². The minimum atomic E-state index is -0.110. The van der Waals surface area contributed by atoms with E-state index in [1.807, 2.05) is 0 Å². The molecular formula is C12H18O3. The van der Waals surface area contributed by atoms with E-state index in [0.717, 1.165) is 32.1 Å². The fourth-order valence-corrected chi connectivity index (χ4v) is 2.72. The molecule has 1 saturated heterocycles. The van der Waals surface area contributed by atoms with Gasteiger partial charge in [0.15, 0.2) is 0 Å². The summed E-state index contributed by atoms with van der Waals surface area (Å²) < 4.78 is 5.11. The van der Waals surface area contributed by atoms with E-state index in [9.17, 15) is 9.59 Å². The number of carbonyl (C=O) groups excluding carboxylic acids is 2. The van der Waals surface area contributed by atoms with Crippen molar-refractivity contribution in [1.29, 1.82) is 0 Å². The van der Waals surface area contributed by atoms with Crippen molar-refractivity contribution in [3.63, 3.8) is 0 Å². The topological polar surface area (TPSA) is 43.4 Å². The molecule has 0 bridgehead atoms. The van der Waals surface area contributed by atoms with Gasteiger partial charge in [0.25, 0.3) is 0 Å². The van der Waals surface area contributed by atoms with Gasteiger partial charge in [-0.3, -0.25) is 9.59 Å². The maximum Gasteiger partial charge on any atom is 0.306 e. The van der Waals surface area contributed by atoms with Crippen LogP contribution >= 0.6 is 0 Å². The molecule has 0 radical (unpaired) electrons. The van der Waals surface area contributed by atoms with Crippen LogP contribution in [0.15, 0.2) is 0 Å². The summed E-state index contributed by atoms with van der Waals surface area (Å²) in [5.41, 5.74) is 0. The largest absolute Gasteiger partial charge is 0.466 e. The number of Topliss-reactive ketones (excluding diaryl/α,β-unsaturated/α-hetero) is 1. The van der Waals surface area contributed by atoms with Crippen LogP contribution in [0.1, 0.15) is 44.9 Å². The van der Waals surface area contributed by atoms with E-state index >= 15 is 0 Å². The summed E-state index contributed by atoms with van der Waals surface area (Å²) >= 11 is 0. The van der Waals surface area contributed by atoms with Crippen LogP contribution in [0.4, 0.5) is 0 Å². The standard InChI is InChI=1S/C12H18O3/c13-11-6-5-9-8-12(14)15-7-3-1-2-4-10(9)11/h9-10H,1-8H2. The lowest BCUT2D eigenvalue weighted by molar-refractivity contribution is -0.145. The van der Waals surface area contributed by atoms with Crippen molar-refractivity contribution in [3.8, 4) is 0 Å². The van der Waals surface area contributed by atoms with Gasteiger partial charge in [0, 0.05) is 18.8 Å². The van der Waals surface area contributed by atoms with E-state index in [2.05, 4.69) is 0 Å². The van der Waals surface area contributed by atoms with E-state index < -0.39 is 0 Å². The Morgan fingerprint density at radius 2 is 1.93 bits per heavy atom. The summed E-state index contributed by atoms with van der Waals surface area (Å²) in [5.74, 6) is 0.675. The van der Waals surface area contributed by atoms with Crippen molar-refractivity contribution in [3.05, 3.63) is 0 Å². The Bertz CT molecular complexity index is 260. The van der Waals surface area contributed by atoms with Gasteiger partial charge >= 0.3 is 5.97 Å². The summed E-state index contributed by atoms with van der Waals surface area (Å²) in [6, 6.07) is 0. The van der Waals surface area contributed by atoms with E-state index in [1.165, 1.54) is 0 Å². The summed E-state index contributed by atoms with van der Waals surface area (Å²) in [5, 5.41) is 0. The smallest absolute Gasteiger partial charge is 0.306 e. The zero-order valence-corrected chi connectivity index (χ0v) is 9.04. The molecule has 3 heteroatoms. The van der Waals surface area contributed by atoms with Gasteiger partial charge in [-0.1, -0.05) is 12.8 Å². The molecule has 1 saturated carbocycles. The normalized spacial score (nSPS) is 33.3. The average molecular weight is 210 g/mol. The summed E-state index contributed by atoms with van der Waals surface area (Å²) in [4.78, 5) is 23.0. The van der Waals surface area contributed by atoms with Crippen LogP contribution in [0.5, 0.6) is 0 Å². The molecule has 0 aromatic carbocycles. The number of carbonyl (C=O) groups is 2. The molecule has 0 spiro atoms. The van der Waals surface area contributed by atoms with Crippen LogP contribution in [0, 0.1) is 11.8 Å². The zero-order chi connectivity index (χ0) is 10.7. The van der Waals surface area contributed by atoms with Gasteiger partial charge in [-0.05, 0) is 25.2 Å². The monoisotopic (exact) mass is 210 g/mol. The Balaban J connectivity index is 2.01. The van der Waals surface area contributed by atoms with E-state index in [4.69, 9.17) is 4.74 Å². The first-order chi connectivity index (χ1) is 7.27. The molecule has 3 nitrogen and oxygen atoms in total. The second-order valence-corrected chi connectivity index (χ2v) is 4.65. The number of ketones is 1. The lowest BCUT2D eigenvalue weighted by Gasteiger charge is -2.19. The zero-order valence-electron chi connectivity index (χ0n) is 9.04. The Hall–Kier alpha value is -0.860. The molecule has 15 heavy (non-hydrogen) atoms. The van der Waals surface area contributed by atoms with Gasteiger partial charge < -0.3 is 4.74 Å². The van der Waals surface area contributed by atoms with Crippen LogP contribution in [0.3, 0.4) is 0 Å². The fraction of sp³-hybridized carbons (Fsp3) is 0.833. The van der Waals surface area contributed by atoms with E-state index in [0.29, 0.717) is 25.2 Å². The molecule has 0 aromatic rings. The molecule has 1 heterocycles. The summed E-state index contributed by atoms with van der Waals surface area (Å²) in [6.07, 6.45) is 6.11. The number of rotatable bonds is 0. The summed E-state index contributed by atoms with van der Waals surface area (Å²) in [6.45, 7) is 0.560. The molecule has 2 atom stereocenters. The highest BCUT2D eigenvalue weighted by Gasteiger charge is 2.35. The van der Waals surface area contributed by atoms with E-state index in [1.54, 1.807) is 0 Å². The molecule has 0 N–H and O–H groups in total. The number of hydrogen-bond donors (Lipinski definition) is 0. The molecule has 2 aliphatic rings. The molecule has 0 aromatic heterocycles. The molecule has 1 aliphatic heterocycles. The lowest BCUT2D eigenvalue weighted by atomic mass is 9.87. The number of fused-ring (bicyclic) bond motifs is 1. The third-order valence-electron chi connectivity index (χ3n) is 3.60. The molecule has 2 unspecified atom stereocenters. The molecule has 0 amide bonds. The van der Waals surface area contributed by atoms with E-state index in [-0.39, 0.29) is 17.8 Å². The Morgan fingerprint density at radius 1 is 1.07 bits per heavy atom. The van der Waals surface area contributed by atoms with Gasteiger partial charge in [0.2, 0.25) is 0 Å². The summed E-state index contributed by atoms with van der Waals surface area (Å²) in [7, 11) is 0. The highest BCUT2D eigenvalue weighted by molar-refractivity contribution is 5.84. The predicted octanol–water partition coefficient (Wildman–Crippen LogP) is 2.09. The number of cyclic esters (lactones) is 1. The Labute approximate surface area is 90.2 Å². The maximum absolute atomic E-state index is 11.6.